The molecule has 0 amide bonds. The highest BCUT2D eigenvalue weighted by molar-refractivity contribution is 4.91. The van der Waals surface area contributed by atoms with Gasteiger partial charge in [0.1, 0.15) is 0 Å². The monoisotopic (exact) mass is 241 g/mol. The Morgan fingerprint density at radius 1 is 1.29 bits per heavy atom. The number of aliphatic hydroxyl groups is 1. The minimum atomic E-state index is 0.215. The Balaban J connectivity index is 2.58. The summed E-state index contributed by atoms with van der Waals surface area (Å²) in [6.45, 7) is 10.1. The summed E-state index contributed by atoms with van der Waals surface area (Å²) in [4.78, 5) is 6.59. The fraction of sp³-hybridized carbons (Fsp3) is 0.833. The third kappa shape index (κ3) is 4.44. The van der Waals surface area contributed by atoms with E-state index in [1.54, 1.807) is 0 Å². The standard InChI is InChI=1S/C12H23N3O2/c1-9(2)12-13-11(14-17-12)8-15(10(3)4)6-5-7-16/h9-10,16H,5-8H2,1-4H3. The molecule has 5 heteroatoms. The lowest BCUT2D eigenvalue weighted by atomic mass is 10.2. The lowest BCUT2D eigenvalue weighted by molar-refractivity contribution is 0.179. The van der Waals surface area contributed by atoms with Crippen LogP contribution in [-0.4, -0.2) is 39.3 Å². The summed E-state index contributed by atoms with van der Waals surface area (Å²) >= 11 is 0. The largest absolute Gasteiger partial charge is 0.396 e. The number of nitrogens with zero attached hydrogens (tertiary/aromatic N) is 3. The smallest absolute Gasteiger partial charge is 0.229 e. The average Bonchev–Trinajstić information content (AvgIpc) is 2.72. The minimum absolute atomic E-state index is 0.215. The second-order valence-corrected chi connectivity index (χ2v) is 4.84. The van der Waals surface area contributed by atoms with Gasteiger partial charge in [-0.15, -0.1) is 0 Å². The second-order valence-electron chi connectivity index (χ2n) is 4.84. The van der Waals surface area contributed by atoms with E-state index in [0.29, 0.717) is 18.5 Å². The molecule has 1 heterocycles. The second kappa shape index (κ2) is 6.71. The number of hydrogen-bond acceptors (Lipinski definition) is 5. The zero-order valence-corrected chi connectivity index (χ0v) is 11.2. The van der Waals surface area contributed by atoms with Crippen LogP contribution in [0.3, 0.4) is 0 Å². The van der Waals surface area contributed by atoms with E-state index >= 15 is 0 Å². The first-order chi connectivity index (χ1) is 8.04. The zero-order chi connectivity index (χ0) is 12.8. The molecule has 0 bridgehead atoms. The summed E-state index contributed by atoms with van der Waals surface area (Å²) in [5, 5.41) is 12.8. The maximum atomic E-state index is 8.86. The summed E-state index contributed by atoms with van der Waals surface area (Å²) in [6.07, 6.45) is 0.771. The molecule has 0 radical (unpaired) electrons. The highest BCUT2D eigenvalue weighted by Crippen LogP contribution is 2.12. The lowest BCUT2D eigenvalue weighted by Crippen LogP contribution is -2.32. The average molecular weight is 241 g/mol. The molecular formula is C12H23N3O2. The first-order valence-corrected chi connectivity index (χ1v) is 6.22. The SMILES string of the molecule is CC(C)c1nc(CN(CCCO)C(C)C)no1. The van der Waals surface area contributed by atoms with E-state index in [0.717, 1.165) is 18.8 Å². The van der Waals surface area contributed by atoms with Crippen LogP contribution in [0.2, 0.25) is 0 Å². The van der Waals surface area contributed by atoms with E-state index in [9.17, 15) is 0 Å². The zero-order valence-electron chi connectivity index (χ0n) is 11.2. The molecule has 0 fully saturated rings. The van der Waals surface area contributed by atoms with E-state index in [1.807, 2.05) is 13.8 Å². The number of hydrogen-bond donors (Lipinski definition) is 1. The van der Waals surface area contributed by atoms with Gasteiger partial charge in [-0.1, -0.05) is 19.0 Å². The van der Waals surface area contributed by atoms with Gasteiger partial charge < -0.3 is 9.63 Å². The van der Waals surface area contributed by atoms with Gasteiger partial charge in [-0.2, -0.15) is 4.98 Å². The molecule has 0 aliphatic rings. The maximum Gasteiger partial charge on any atom is 0.229 e. The van der Waals surface area contributed by atoms with Crippen molar-refractivity contribution >= 4 is 0 Å². The molecule has 0 atom stereocenters. The van der Waals surface area contributed by atoms with Gasteiger partial charge in [0.05, 0.1) is 6.54 Å². The van der Waals surface area contributed by atoms with Crippen molar-refractivity contribution in [2.45, 2.75) is 52.6 Å². The third-order valence-electron chi connectivity index (χ3n) is 2.66. The van der Waals surface area contributed by atoms with E-state index < -0.39 is 0 Å². The number of aromatic nitrogens is 2. The Labute approximate surface area is 103 Å². The quantitative estimate of drug-likeness (QED) is 0.788. The van der Waals surface area contributed by atoms with E-state index in [-0.39, 0.29) is 12.5 Å². The van der Waals surface area contributed by atoms with E-state index in [1.165, 1.54) is 0 Å². The van der Waals surface area contributed by atoms with Crippen LogP contribution in [0.4, 0.5) is 0 Å². The molecule has 5 nitrogen and oxygen atoms in total. The van der Waals surface area contributed by atoms with Crippen LogP contribution in [-0.2, 0) is 6.54 Å². The number of rotatable bonds is 7. The van der Waals surface area contributed by atoms with Gasteiger partial charge in [-0.3, -0.25) is 4.90 Å². The van der Waals surface area contributed by atoms with Crippen LogP contribution in [0.1, 0.15) is 51.7 Å². The molecule has 0 aliphatic heterocycles. The van der Waals surface area contributed by atoms with Crippen molar-refractivity contribution in [2.75, 3.05) is 13.2 Å². The van der Waals surface area contributed by atoms with Gasteiger partial charge in [-0.05, 0) is 20.3 Å². The fourth-order valence-corrected chi connectivity index (χ4v) is 1.54. The van der Waals surface area contributed by atoms with Crippen molar-refractivity contribution in [1.82, 2.24) is 15.0 Å². The van der Waals surface area contributed by atoms with Crippen LogP contribution in [0.5, 0.6) is 0 Å². The van der Waals surface area contributed by atoms with Crippen LogP contribution in [0.25, 0.3) is 0 Å². The topological polar surface area (TPSA) is 62.4 Å². The van der Waals surface area contributed by atoms with Crippen molar-refractivity contribution in [3.8, 4) is 0 Å². The first-order valence-electron chi connectivity index (χ1n) is 6.22. The van der Waals surface area contributed by atoms with E-state index in [4.69, 9.17) is 9.63 Å². The molecule has 98 valence electrons. The molecule has 1 aromatic rings. The van der Waals surface area contributed by atoms with Gasteiger partial charge in [0.15, 0.2) is 5.82 Å². The summed E-state index contributed by atoms with van der Waals surface area (Å²) < 4.78 is 5.17. The molecule has 0 saturated heterocycles. The van der Waals surface area contributed by atoms with Gasteiger partial charge in [0.25, 0.3) is 0 Å². The predicted octanol–water partition coefficient (Wildman–Crippen LogP) is 1.79. The molecule has 1 aromatic heterocycles. The molecule has 0 aliphatic carbocycles. The maximum absolute atomic E-state index is 8.86. The molecule has 17 heavy (non-hydrogen) atoms. The third-order valence-corrected chi connectivity index (χ3v) is 2.66. The summed E-state index contributed by atoms with van der Waals surface area (Å²) in [6, 6.07) is 0.405. The Morgan fingerprint density at radius 3 is 2.47 bits per heavy atom. The Kier molecular flexibility index (Phi) is 5.58. The van der Waals surface area contributed by atoms with Crippen LogP contribution in [0.15, 0.2) is 4.52 Å². The van der Waals surface area contributed by atoms with Gasteiger partial charge in [0.2, 0.25) is 5.89 Å². The molecule has 0 saturated carbocycles. The summed E-state index contributed by atoms with van der Waals surface area (Å²) in [7, 11) is 0. The number of aliphatic hydroxyl groups excluding tert-OH is 1. The van der Waals surface area contributed by atoms with Crippen molar-refractivity contribution in [1.29, 1.82) is 0 Å². The minimum Gasteiger partial charge on any atom is -0.396 e. The van der Waals surface area contributed by atoms with Crippen LogP contribution in [0, 0.1) is 0 Å². The summed E-state index contributed by atoms with van der Waals surface area (Å²) in [5.74, 6) is 1.67. The molecule has 1 N–H and O–H groups in total. The summed E-state index contributed by atoms with van der Waals surface area (Å²) in [5.41, 5.74) is 0. The van der Waals surface area contributed by atoms with Crippen LogP contribution < -0.4 is 0 Å². The molecule has 0 aromatic carbocycles. The Morgan fingerprint density at radius 2 is 2.00 bits per heavy atom. The predicted molar refractivity (Wildman–Crippen MR) is 65.6 cm³/mol. The van der Waals surface area contributed by atoms with Crippen molar-refractivity contribution in [3.05, 3.63) is 11.7 Å². The molecule has 0 spiro atoms. The van der Waals surface area contributed by atoms with Crippen molar-refractivity contribution < 1.29 is 9.63 Å². The normalized spacial score (nSPS) is 12.0. The van der Waals surface area contributed by atoms with Crippen LogP contribution >= 0.6 is 0 Å². The Bertz CT molecular complexity index is 323. The molecule has 0 unspecified atom stereocenters. The highest BCUT2D eigenvalue weighted by atomic mass is 16.5. The van der Waals surface area contributed by atoms with Crippen molar-refractivity contribution in [2.24, 2.45) is 0 Å². The Hall–Kier alpha value is -0.940. The lowest BCUT2D eigenvalue weighted by Gasteiger charge is -2.24. The molecular weight excluding hydrogens is 218 g/mol. The molecule has 1 rings (SSSR count). The highest BCUT2D eigenvalue weighted by Gasteiger charge is 2.15. The fourth-order valence-electron chi connectivity index (χ4n) is 1.54. The van der Waals surface area contributed by atoms with E-state index in [2.05, 4.69) is 28.9 Å². The van der Waals surface area contributed by atoms with Crippen molar-refractivity contribution in [3.63, 3.8) is 0 Å². The van der Waals surface area contributed by atoms with Gasteiger partial charge in [0, 0.05) is 25.1 Å². The van der Waals surface area contributed by atoms with Gasteiger partial charge in [-0.25, -0.2) is 0 Å². The first kappa shape index (κ1) is 14.1. The van der Waals surface area contributed by atoms with Gasteiger partial charge >= 0.3 is 0 Å².